The second kappa shape index (κ2) is 8.78. The average molecular weight is 555 g/mol. The zero-order valence-corrected chi connectivity index (χ0v) is 22.8. The van der Waals surface area contributed by atoms with Gasteiger partial charge in [-0.25, -0.2) is 4.57 Å². The highest BCUT2D eigenvalue weighted by atomic mass is 16.3. The van der Waals surface area contributed by atoms with Crippen molar-refractivity contribution >= 4 is 65.3 Å². The molecule has 0 saturated heterocycles. The molecule has 0 amide bonds. The summed E-state index contributed by atoms with van der Waals surface area (Å²) in [6.45, 7) is 0. The summed E-state index contributed by atoms with van der Waals surface area (Å²) in [4.78, 5) is 28.9. The maximum absolute atomic E-state index is 14.5. The highest BCUT2D eigenvalue weighted by molar-refractivity contribution is 6.20. The van der Waals surface area contributed by atoms with Crippen LogP contribution < -0.4 is 11.1 Å². The van der Waals surface area contributed by atoms with Crippen LogP contribution in [0.2, 0.25) is 0 Å². The molecule has 0 radical (unpaired) electrons. The molecule has 0 saturated carbocycles. The molecule has 0 atom stereocenters. The molecule has 0 aliphatic carbocycles. The Labute approximate surface area is 244 Å². The molecule has 43 heavy (non-hydrogen) atoms. The minimum atomic E-state index is -0.384. The first-order chi connectivity index (χ1) is 21.2. The molecule has 3 aromatic heterocycles. The van der Waals surface area contributed by atoms with Crippen LogP contribution in [0.15, 0.2) is 147 Å². The van der Waals surface area contributed by atoms with E-state index in [4.69, 9.17) is 4.42 Å². The minimum Gasteiger partial charge on any atom is -0.456 e. The van der Waals surface area contributed by atoms with Gasteiger partial charge in [-0.1, -0.05) is 72.8 Å². The fourth-order valence-corrected chi connectivity index (χ4v) is 6.59. The molecular formula is C38H22N2O3. The monoisotopic (exact) mass is 554 g/mol. The second-order valence-electron chi connectivity index (χ2n) is 10.9. The van der Waals surface area contributed by atoms with Crippen LogP contribution in [0.5, 0.6) is 0 Å². The highest BCUT2D eigenvalue weighted by Gasteiger charge is 2.19. The Kier molecular flexibility index (Phi) is 4.85. The van der Waals surface area contributed by atoms with Crippen LogP contribution >= 0.6 is 0 Å². The minimum absolute atomic E-state index is 0.365. The molecule has 0 N–H and O–H groups in total. The van der Waals surface area contributed by atoms with E-state index in [9.17, 15) is 9.59 Å². The van der Waals surface area contributed by atoms with Gasteiger partial charge < -0.3 is 8.98 Å². The zero-order valence-electron chi connectivity index (χ0n) is 22.8. The summed E-state index contributed by atoms with van der Waals surface area (Å²) in [5.74, 6) is 0. The van der Waals surface area contributed by atoms with E-state index >= 15 is 0 Å². The van der Waals surface area contributed by atoms with Gasteiger partial charge in [-0.2, -0.15) is 0 Å². The van der Waals surface area contributed by atoms with Gasteiger partial charge in [0.2, 0.25) is 0 Å². The van der Waals surface area contributed by atoms with Crippen molar-refractivity contribution in [1.82, 2.24) is 9.13 Å². The first-order valence-corrected chi connectivity index (χ1v) is 14.2. The van der Waals surface area contributed by atoms with Crippen LogP contribution in [-0.4, -0.2) is 9.13 Å². The lowest BCUT2D eigenvalue weighted by atomic mass is 10.0. The van der Waals surface area contributed by atoms with Crippen molar-refractivity contribution in [3.8, 4) is 11.4 Å². The van der Waals surface area contributed by atoms with Gasteiger partial charge in [0.25, 0.3) is 11.1 Å². The molecule has 0 aliphatic rings. The fraction of sp³-hybridized carbons (Fsp3) is 0. The first kappa shape index (κ1) is 23.7. The SMILES string of the molecule is O=c1c2cc3oc4ccccc4c3cc2c2cc3c4ccccc4n(-c4ccccc4)c3cc2c(=O)n1-c1ccccc1. The van der Waals surface area contributed by atoms with Crippen LogP contribution in [0.1, 0.15) is 0 Å². The van der Waals surface area contributed by atoms with Gasteiger partial charge in [-0.3, -0.25) is 9.59 Å². The van der Waals surface area contributed by atoms with Crippen molar-refractivity contribution < 1.29 is 4.42 Å². The summed E-state index contributed by atoms with van der Waals surface area (Å²) < 4.78 is 9.66. The molecule has 202 valence electrons. The van der Waals surface area contributed by atoms with Gasteiger partial charge in [0.1, 0.15) is 11.2 Å². The molecule has 0 fully saturated rings. The van der Waals surface area contributed by atoms with Gasteiger partial charge in [0, 0.05) is 27.2 Å². The number of hydrogen-bond donors (Lipinski definition) is 0. The Balaban J connectivity index is 1.56. The quantitative estimate of drug-likeness (QED) is 0.215. The van der Waals surface area contributed by atoms with Crippen molar-refractivity contribution in [2.24, 2.45) is 0 Å². The highest BCUT2D eigenvalue weighted by Crippen LogP contribution is 2.37. The third kappa shape index (κ3) is 3.33. The van der Waals surface area contributed by atoms with Gasteiger partial charge in [0.15, 0.2) is 0 Å². The lowest BCUT2D eigenvalue weighted by Gasteiger charge is -2.08. The van der Waals surface area contributed by atoms with Crippen molar-refractivity contribution in [2.45, 2.75) is 0 Å². The Morgan fingerprint density at radius 3 is 1.65 bits per heavy atom. The van der Waals surface area contributed by atoms with Crippen molar-refractivity contribution in [1.29, 1.82) is 0 Å². The van der Waals surface area contributed by atoms with E-state index in [1.807, 2.05) is 84.9 Å². The molecule has 9 aromatic rings. The number of benzene rings is 6. The van der Waals surface area contributed by atoms with Crippen LogP contribution in [-0.2, 0) is 0 Å². The third-order valence-corrected chi connectivity index (χ3v) is 8.51. The van der Waals surface area contributed by atoms with Crippen molar-refractivity contribution in [2.75, 3.05) is 0 Å². The maximum atomic E-state index is 14.5. The lowest BCUT2D eigenvalue weighted by Crippen LogP contribution is -2.28. The predicted molar refractivity (Wildman–Crippen MR) is 175 cm³/mol. The van der Waals surface area contributed by atoms with E-state index in [0.29, 0.717) is 27.4 Å². The summed E-state index contributed by atoms with van der Waals surface area (Å²) >= 11 is 0. The van der Waals surface area contributed by atoms with E-state index in [1.54, 1.807) is 18.2 Å². The number of nitrogens with zero attached hydrogens (tertiary/aromatic N) is 2. The van der Waals surface area contributed by atoms with Crippen molar-refractivity contribution in [3.05, 3.63) is 154 Å². The number of furan rings is 1. The van der Waals surface area contributed by atoms with Crippen molar-refractivity contribution in [3.63, 3.8) is 0 Å². The number of fused-ring (bicyclic) bond motifs is 9. The Bertz CT molecular complexity index is 2700. The fourth-order valence-electron chi connectivity index (χ4n) is 6.59. The Hall–Kier alpha value is -5.94. The molecule has 0 spiro atoms. The normalized spacial score (nSPS) is 11.9. The summed E-state index contributed by atoms with van der Waals surface area (Å²) in [5.41, 5.74) is 4.08. The molecule has 0 unspecified atom stereocenters. The number of aromatic nitrogens is 2. The molecule has 6 aromatic carbocycles. The lowest BCUT2D eigenvalue weighted by molar-refractivity contribution is 0.669. The standard InChI is InChI=1S/C38H22N2O3/c41-37-31-21-34-29(25-15-7-9-17-33(25)39(34)23-11-3-1-4-12-23)19-27(31)28-20-30-26-16-8-10-18-35(26)43-36(30)22-32(28)38(42)40(37)24-13-5-2-6-14-24/h1-22H. The Morgan fingerprint density at radius 1 is 0.372 bits per heavy atom. The second-order valence-corrected chi connectivity index (χ2v) is 10.9. The predicted octanol–water partition coefficient (Wildman–Crippen LogP) is 8.50. The van der Waals surface area contributed by atoms with E-state index < -0.39 is 0 Å². The molecule has 9 rings (SSSR count). The number of rotatable bonds is 2. The number of hydrogen-bond acceptors (Lipinski definition) is 3. The van der Waals surface area contributed by atoms with Gasteiger partial charge >= 0.3 is 0 Å². The van der Waals surface area contributed by atoms with Crippen LogP contribution in [0.3, 0.4) is 0 Å². The van der Waals surface area contributed by atoms with Crippen LogP contribution in [0.25, 0.3) is 76.7 Å². The molecule has 5 nitrogen and oxygen atoms in total. The maximum Gasteiger partial charge on any atom is 0.266 e. The number of para-hydroxylation sites is 4. The van der Waals surface area contributed by atoms with E-state index in [2.05, 4.69) is 34.9 Å². The molecule has 0 aliphatic heterocycles. The van der Waals surface area contributed by atoms with Gasteiger partial charge in [-0.15, -0.1) is 0 Å². The summed E-state index contributed by atoms with van der Waals surface area (Å²) in [5, 5.41) is 6.28. The molecule has 3 heterocycles. The summed E-state index contributed by atoms with van der Waals surface area (Å²) in [6.07, 6.45) is 0. The van der Waals surface area contributed by atoms with Crippen LogP contribution in [0, 0.1) is 0 Å². The topological polar surface area (TPSA) is 57.1 Å². The molecule has 0 bridgehead atoms. The van der Waals surface area contributed by atoms with Gasteiger partial charge in [0.05, 0.1) is 27.5 Å². The first-order valence-electron chi connectivity index (χ1n) is 14.2. The van der Waals surface area contributed by atoms with E-state index in [-0.39, 0.29) is 11.1 Å². The van der Waals surface area contributed by atoms with Crippen LogP contribution in [0.4, 0.5) is 0 Å². The van der Waals surface area contributed by atoms with E-state index in [1.165, 1.54) is 4.57 Å². The third-order valence-electron chi connectivity index (χ3n) is 8.51. The average Bonchev–Trinajstić information content (AvgIpc) is 3.56. The molecular weight excluding hydrogens is 532 g/mol. The Morgan fingerprint density at radius 2 is 0.930 bits per heavy atom. The molecule has 5 heteroatoms. The summed E-state index contributed by atoms with van der Waals surface area (Å²) in [6, 6.07) is 43.2. The van der Waals surface area contributed by atoms with E-state index in [0.717, 1.165) is 49.2 Å². The zero-order chi connectivity index (χ0) is 28.7. The summed E-state index contributed by atoms with van der Waals surface area (Å²) in [7, 11) is 0. The van der Waals surface area contributed by atoms with Gasteiger partial charge in [-0.05, 0) is 71.4 Å². The largest absolute Gasteiger partial charge is 0.456 e. The smallest absolute Gasteiger partial charge is 0.266 e.